The standard InChI is InChI=1S/C13H12N4OS/c1-18-11-5-4-9(7-15-11)8-17-12-10(16-13(17)19)3-2-6-14-12/h2-7H,8H2,1H3,(H,16,19). The summed E-state index contributed by atoms with van der Waals surface area (Å²) in [6.45, 7) is 0.632. The van der Waals surface area contributed by atoms with Crippen molar-refractivity contribution in [2.24, 2.45) is 0 Å². The van der Waals surface area contributed by atoms with Crippen LogP contribution >= 0.6 is 12.2 Å². The van der Waals surface area contributed by atoms with Gasteiger partial charge in [0.15, 0.2) is 10.4 Å². The van der Waals surface area contributed by atoms with Crippen LogP contribution in [0.4, 0.5) is 0 Å². The molecule has 0 radical (unpaired) electrons. The molecule has 0 aliphatic heterocycles. The van der Waals surface area contributed by atoms with E-state index in [1.165, 1.54) is 0 Å². The molecule has 0 aliphatic carbocycles. The fourth-order valence-electron chi connectivity index (χ4n) is 1.94. The Morgan fingerprint density at radius 2 is 2.21 bits per heavy atom. The highest BCUT2D eigenvalue weighted by atomic mass is 32.1. The van der Waals surface area contributed by atoms with Gasteiger partial charge in [-0.1, -0.05) is 6.07 Å². The van der Waals surface area contributed by atoms with Crippen molar-refractivity contribution >= 4 is 23.4 Å². The molecule has 3 aromatic heterocycles. The number of rotatable bonds is 3. The van der Waals surface area contributed by atoms with Crippen molar-refractivity contribution in [3.05, 3.63) is 47.0 Å². The zero-order valence-electron chi connectivity index (χ0n) is 10.3. The highest BCUT2D eigenvalue weighted by Gasteiger charge is 2.06. The maximum atomic E-state index is 5.32. The Morgan fingerprint density at radius 3 is 2.95 bits per heavy atom. The van der Waals surface area contributed by atoms with Gasteiger partial charge >= 0.3 is 0 Å². The number of H-pyrrole nitrogens is 1. The van der Waals surface area contributed by atoms with Crippen molar-refractivity contribution in [3.8, 4) is 5.88 Å². The number of nitrogens with zero attached hydrogens (tertiary/aromatic N) is 3. The molecule has 0 saturated heterocycles. The highest BCUT2D eigenvalue weighted by molar-refractivity contribution is 7.71. The molecule has 6 heteroatoms. The van der Waals surface area contributed by atoms with Crippen LogP contribution in [-0.2, 0) is 6.54 Å². The van der Waals surface area contributed by atoms with E-state index in [0.717, 1.165) is 16.7 Å². The lowest BCUT2D eigenvalue weighted by Crippen LogP contribution is -2.01. The van der Waals surface area contributed by atoms with Gasteiger partial charge in [-0.15, -0.1) is 0 Å². The molecule has 0 amide bonds. The van der Waals surface area contributed by atoms with Crippen LogP contribution < -0.4 is 4.74 Å². The molecular formula is C13H12N4OS. The molecule has 0 bridgehead atoms. The van der Waals surface area contributed by atoms with Crippen molar-refractivity contribution < 1.29 is 4.74 Å². The smallest absolute Gasteiger partial charge is 0.212 e. The first-order chi connectivity index (χ1) is 9.28. The number of hydrogen-bond acceptors (Lipinski definition) is 4. The van der Waals surface area contributed by atoms with Gasteiger partial charge in [0, 0.05) is 18.5 Å². The van der Waals surface area contributed by atoms with E-state index in [1.54, 1.807) is 19.5 Å². The molecule has 1 N–H and O–H groups in total. The van der Waals surface area contributed by atoms with Crippen LogP contribution in [0.3, 0.4) is 0 Å². The molecule has 3 rings (SSSR count). The Balaban J connectivity index is 2.00. The Kier molecular flexibility index (Phi) is 3.00. The van der Waals surface area contributed by atoms with Crippen molar-refractivity contribution in [1.29, 1.82) is 0 Å². The number of imidazole rings is 1. The van der Waals surface area contributed by atoms with E-state index >= 15 is 0 Å². The van der Waals surface area contributed by atoms with E-state index < -0.39 is 0 Å². The number of fused-ring (bicyclic) bond motifs is 1. The minimum atomic E-state index is 0.601. The van der Waals surface area contributed by atoms with Crippen molar-refractivity contribution in [1.82, 2.24) is 19.5 Å². The van der Waals surface area contributed by atoms with Crippen LogP contribution in [0.2, 0.25) is 0 Å². The first-order valence-electron chi connectivity index (χ1n) is 5.80. The predicted molar refractivity (Wildman–Crippen MR) is 74.8 cm³/mol. The van der Waals surface area contributed by atoms with Crippen LogP contribution in [-0.4, -0.2) is 26.6 Å². The predicted octanol–water partition coefficient (Wildman–Crippen LogP) is 2.55. The molecule has 0 atom stereocenters. The topological polar surface area (TPSA) is 55.7 Å². The summed E-state index contributed by atoms with van der Waals surface area (Å²) in [4.78, 5) is 11.7. The van der Waals surface area contributed by atoms with Crippen LogP contribution in [0.15, 0.2) is 36.7 Å². The second-order valence-electron chi connectivity index (χ2n) is 4.10. The van der Waals surface area contributed by atoms with E-state index in [-0.39, 0.29) is 0 Å². The number of aromatic nitrogens is 4. The van der Waals surface area contributed by atoms with E-state index in [9.17, 15) is 0 Å². The molecule has 0 saturated carbocycles. The minimum absolute atomic E-state index is 0.601. The normalized spacial score (nSPS) is 10.8. The van der Waals surface area contributed by atoms with E-state index in [4.69, 9.17) is 17.0 Å². The second kappa shape index (κ2) is 4.81. The van der Waals surface area contributed by atoms with Crippen LogP contribution in [0.5, 0.6) is 5.88 Å². The number of ether oxygens (including phenoxy) is 1. The van der Waals surface area contributed by atoms with Gasteiger partial charge in [0.1, 0.15) is 0 Å². The molecular weight excluding hydrogens is 260 g/mol. The summed E-state index contributed by atoms with van der Waals surface area (Å²) in [5.74, 6) is 0.601. The lowest BCUT2D eigenvalue weighted by atomic mass is 10.3. The first kappa shape index (κ1) is 11.9. The number of hydrogen-bond donors (Lipinski definition) is 1. The Hall–Kier alpha value is -2.21. The molecule has 3 heterocycles. The molecule has 3 aromatic rings. The van der Waals surface area contributed by atoms with Gasteiger partial charge in [-0.3, -0.25) is 4.57 Å². The quantitative estimate of drug-likeness (QED) is 0.744. The zero-order chi connectivity index (χ0) is 13.2. The summed E-state index contributed by atoms with van der Waals surface area (Å²) in [5, 5.41) is 0. The molecule has 0 fully saturated rings. The maximum absolute atomic E-state index is 5.32. The van der Waals surface area contributed by atoms with Gasteiger partial charge in [-0.25, -0.2) is 9.97 Å². The lowest BCUT2D eigenvalue weighted by Gasteiger charge is -2.04. The molecule has 0 spiro atoms. The fraction of sp³-hybridized carbons (Fsp3) is 0.154. The maximum Gasteiger partial charge on any atom is 0.212 e. The molecule has 0 aromatic carbocycles. The summed E-state index contributed by atoms with van der Waals surface area (Å²) in [5.41, 5.74) is 2.83. The Labute approximate surface area is 114 Å². The van der Waals surface area contributed by atoms with Gasteiger partial charge in [0.25, 0.3) is 0 Å². The highest BCUT2D eigenvalue weighted by Crippen LogP contribution is 2.14. The summed E-state index contributed by atoms with van der Waals surface area (Å²) in [6.07, 6.45) is 3.54. The van der Waals surface area contributed by atoms with Crippen LogP contribution in [0, 0.1) is 4.77 Å². The van der Waals surface area contributed by atoms with Gasteiger partial charge in [-0.2, -0.15) is 0 Å². The first-order valence-corrected chi connectivity index (χ1v) is 6.21. The summed E-state index contributed by atoms with van der Waals surface area (Å²) >= 11 is 5.32. The number of methoxy groups -OCH3 is 1. The average Bonchev–Trinajstić information content (AvgIpc) is 2.76. The van der Waals surface area contributed by atoms with Crippen LogP contribution in [0.1, 0.15) is 5.56 Å². The number of pyridine rings is 2. The van der Waals surface area contributed by atoms with Gasteiger partial charge in [0.05, 0.1) is 19.2 Å². The van der Waals surface area contributed by atoms with Gasteiger partial charge < -0.3 is 9.72 Å². The average molecular weight is 272 g/mol. The largest absolute Gasteiger partial charge is 0.481 e. The summed E-state index contributed by atoms with van der Waals surface area (Å²) < 4.78 is 7.65. The second-order valence-corrected chi connectivity index (χ2v) is 4.49. The third kappa shape index (κ3) is 2.22. The van der Waals surface area contributed by atoms with E-state index in [1.807, 2.05) is 28.8 Å². The van der Waals surface area contributed by atoms with Crippen molar-refractivity contribution in [2.45, 2.75) is 6.54 Å². The van der Waals surface area contributed by atoms with Crippen molar-refractivity contribution in [2.75, 3.05) is 7.11 Å². The third-order valence-electron chi connectivity index (χ3n) is 2.88. The minimum Gasteiger partial charge on any atom is -0.481 e. The summed E-state index contributed by atoms with van der Waals surface area (Å²) in [6, 6.07) is 7.64. The summed E-state index contributed by atoms with van der Waals surface area (Å²) in [7, 11) is 1.60. The van der Waals surface area contributed by atoms with Gasteiger partial charge in [0.2, 0.25) is 5.88 Å². The number of nitrogens with one attached hydrogen (secondary N) is 1. The lowest BCUT2D eigenvalue weighted by molar-refractivity contribution is 0.397. The zero-order valence-corrected chi connectivity index (χ0v) is 11.1. The number of aromatic amines is 1. The fourth-order valence-corrected chi connectivity index (χ4v) is 2.20. The Morgan fingerprint density at radius 1 is 1.32 bits per heavy atom. The molecule has 0 unspecified atom stereocenters. The SMILES string of the molecule is COc1ccc(Cn2c(=S)[nH]c3cccnc32)cn1. The Bertz CT molecular complexity index is 760. The van der Waals surface area contributed by atoms with Crippen LogP contribution in [0.25, 0.3) is 11.2 Å². The van der Waals surface area contributed by atoms with Gasteiger partial charge in [-0.05, 0) is 29.9 Å². The molecule has 5 nitrogen and oxygen atoms in total. The van der Waals surface area contributed by atoms with E-state index in [0.29, 0.717) is 17.2 Å². The monoisotopic (exact) mass is 272 g/mol. The van der Waals surface area contributed by atoms with E-state index in [2.05, 4.69) is 15.0 Å². The molecule has 96 valence electrons. The molecule has 0 aliphatic rings. The third-order valence-corrected chi connectivity index (χ3v) is 3.20. The molecule has 19 heavy (non-hydrogen) atoms. The van der Waals surface area contributed by atoms with Crippen molar-refractivity contribution in [3.63, 3.8) is 0 Å².